The second-order valence-electron chi connectivity index (χ2n) is 5.36. The third-order valence-electron chi connectivity index (χ3n) is 3.81. The first-order valence-electron chi connectivity index (χ1n) is 7.66. The highest BCUT2D eigenvalue weighted by atomic mass is 32.1. The number of para-hydroxylation sites is 1. The lowest BCUT2D eigenvalue weighted by Gasteiger charge is -2.25. The maximum atomic E-state index is 10.9. The van der Waals surface area contributed by atoms with Gasteiger partial charge in [0.05, 0.1) is 4.88 Å². The van der Waals surface area contributed by atoms with Crippen LogP contribution in [0, 0.1) is 3.95 Å². The minimum absolute atomic E-state index is 0.145. The van der Waals surface area contributed by atoms with Crippen molar-refractivity contribution in [2.75, 3.05) is 11.4 Å². The summed E-state index contributed by atoms with van der Waals surface area (Å²) in [4.78, 5) is 13.5. The van der Waals surface area contributed by atoms with Crippen molar-refractivity contribution >= 4 is 46.9 Å². The summed E-state index contributed by atoms with van der Waals surface area (Å²) in [6.07, 6.45) is 5.61. The number of carboxylic acids is 1. The van der Waals surface area contributed by atoms with Crippen molar-refractivity contribution in [3.05, 3.63) is 56.7 Å². The average Bonchev–Trinajstić information content (AvgIpc) is 2.86. The molecule has 0 spiro atoms. The predicted molar refractivity (Wildman–Crippen MR) is 102 cm³/mol. The number of thiazole rings is 1. The number of nitrogens with zero attached hydrogens (tertiary/aromatic N) is 2. The average molecular weight is 372 g/mol. The maximum absolute atomic E-state index is 10.9. The number of benzene rings is 1. The number of allylic oxidation sites excluding steroid dienone is 2. The molecule has 0 saturated heterocycles. The smallest absolute Gasteiger partial charge is 0.323 e. The molecule has 0 atom stereocenters. The van der Waals surface area contributed by atoms with Gasteiger partial charge in [0, 0.05) is 35.6 Å². The summed E-state index contributed by atoms with van der Waals surface area (Å²) in [6.45, 7) is 2.59. The fraction of sp³-hybridized carbons (Fsp3) is 0.167. The molecule has 0 unspecified atom stereocenters. The van der Waals surface area contributed by atoms with Crippen LogP contribution in [0.2, 0.25) is 0 Å². The lowest BCUT2D eigenvalue weighted by Crippen LogP contribution is -2.18. The van der Waals surface area contributed by atoms with Crippen LogP contribution in [0.15, 0.2) is 42.3 Å². The Morgan fingerprint density at radius 1 is 1.40 bits per heavy atom. The molecule has 0 bridgehead atoms. The van der Waals surface area contributed by atoms with Crippen LogP contribution >= 0.6 is 23.6 Å². The largest absolute Gasteiger partial charge is 0.493 e. The third-order valence-corrected chi connectivity index (χ3v) is 5.20. The zero-order valence-electron chi connectivity index (χ0n) is 13.5. The highest BCUT2D eigenvalue weighted by molar-refractivity contribution is 7.73. The molecule has 0 amide bonds. The Morgan fingerprint density at radius 3 is 2.88 bits per heavy atom. The molecule has 5 nitrogen and oxygen atoms in total. The second-order valence-corrected chi connectivity index (χ2v) is 7.03. The Labute approximate surface area is 154 Å². The van der Waals surface area contributed by atoms with Gasteiger partial charge in [-0.05, 0) is 31.3 Å². The summed E-state index contributed by atoms with van der Waals surface area (Å²) in [5.41, 5.74) is 6.24. The number of hydrogen-bond donors (Lipinski definition) is 2. The van der Waals surface area contributed by atoms with Gasteiger partial charge in [0.15, 0.2) is 3.95 Å². The van der Waals surface area contributed by atoms with Crippen molar-refractivity contribution in [3.63, 3.8) is 0 Å². The van der Waals surface area contributed by atoms with Crippen LogP contribution in [0.5, 0.6) is 5.88 Å². The number of aromatic nitrogens is 1. The van der Waals surface area contributed by atoms with E-state index in [0.717, 1.165) is 34.7 Å². The molecule has 1 aliphatic rings. The van der Waals surface area contributed by atoms with E-state index in [4.69, 9.17) is 17.3 Å². The summed E-state index contributed by atoms with van der Waals surface area (Å²) in [6, 6.07) is 8.04. The van der Waals surface area contributed by atoms with Crippen molar-refractivity contribution < 1.29 is 15.0 Å². The van der Waals surface area contributed by atoms with Gasteiger partial charge < -0.3 is 15.1 Å². The molecule has 25 heavy (non-hydrogen) atoms. The van der Waals surface area contributed by atoms with Crippen LogP contribution < -0.4 is 4.90 Å². The lowest BCUT2D eigenvalue weighted by atomic mass is 10.0. The lowest BCUT2D eigenvalue weighted by molar-refractivity contribution is -0.137. The molecular weight excluding hydrogens is 356 g/mol. The Hall–Kier alpha value is -2.60. The van der Waals surface area contributed by atoms with Crippen LogP contribution in [-0.2, 0) is 11.3 Å². The van der Waals surface area contributed by atoms with Gasteiger partial charge in [-0.15, -0.1) is 17.1 Å². The van der Waals surface area contributed by atoms with Gasteiger partial charge in [-0.3, -0.25) is 9.36 Å². The summed E-state index contributed by atoms with van der Waals surface area (Å²) in [7, 11) is 0. The van der Waals surface area contributed by atoms with Crippen LogP contribution in [0.1, 0.15) is 17.4 Å². The van der Waals surface area contributed by atoms with Gasteiger partial charge in [-0.1, -0.05) is 18.2 Å². The zero-order valence-corrected chi connectivity index (χ0v) is 15.1. The second kappa shape index (κ2) is 7.11. The van der Waals surface area contributed by atoms with E-state index in [1.807, 2.05) is 30.5 Å². The molecule has 0 fully saturated rings. The highest BCUT2D eigenvalue weighted by Crippen LogP contribution is 2.33. The monoisotopic (exact) mass is 372 g/mol. The Morgan fingerprint density at radius 2 is 2.16 bits per heavy atom. The number of anilines is 1. The first kappa shape index (κ1) is 17.2. The summed E-state index contributed by atoms with van der Waals surface area (Å²) >= 11 is 6.28. The molecule has 2 N–H and O–H groups in total. The molecule has 7 heteroatoms. The molecule has 2 heterocycles. The SMILES string of the molecule is CCN1C=CC(=C=Cc2sc(=S)n(CC(=O)O)c2O)c2ccccc21. The van der Waals surface area contributed by atoms with Gasteiger partial charge in [0.25, 0.3) is 0 Å². The predicted octanol–water partition coefficient (Wildman–Crippen LogP) is 4.12. The Bertz CT molecular complexity index is 978. The van der Waals surface area contributed by atoms with Gasteiger partial charge in [0.2, 0.25) is 5.88 Å². The van der Waals surface area contributed by atoms with Crippen molar-refractivity contribution in [2.45, 2.75) is 13.5 Å². The summed E-state index contributed by atoms with van der Waals surface area (Å²) in [5.74, 6) is -1.20. The standard InChI is InChI=1S/C18H16N2O3S2/c1-2-19-10-9-12(13-5-3-4-6-14(13)19)7-8-15-17(23)20(11-16(21)22)18(24)25-15/h3-6,8-10,23H,2,11H2,1H3,(H,21,22). The molecule has 1 aromatic heterocycles. The van der Waals surface area contributed by atoms with E-state index in [0.29, 0.717) is 8.83 Å². The van der Waals surface area contributed by atoms with E-state index >= 15 is 0 Å². The number of carboxylic acid groups (broad SMARTS) is 1. The quantitative estimate of drug-likeness (QED) is 0.624. The molecule has 1 aliphatic heterocycles. The minimum Gasteiger partial charge on any atom is -0.493 e. The number of aromatic hydroxyl groups is 1. The fourth-order valence-electron chi connectivity index (χ4n) is 2.61. The molecule has 2 aromatic rings. The van der Waals surface area contributed by atoms with Crippen molar-refractivity contribution in [1.82, 2.24) is 4.57 Å². The number of rotatable bonds is 4. The van der Waals surface area contributed by atoms with Gasteiger partial charge in [-0.25, -0.2) is 0 Å². The first-order chi connectivity index (χ1) is 12.0. The van der Waals surface area contributed by atoms with E-state index in [2.05, 4.69) is 23.6 Å². The molecular formula is C18H16N2O3S2. The molecule has 0 radical (unpaired) electrons. The number of fused-ring (bicyclic) bond motifs is 1. The van der Waals surface area contributed by atoms with Crippen LogP contribution in [0.4, 0.5) is 5.69 Å². The Kier molecular flexibility index (Phi) is 4.90. The molecule has 1 aromatic carbocycles. The van der Waals surface area contributed by atoms with Crippen molar-refractivity contribution in [3.8, 4) is 5.88 Å². The van der Waals surface area contributed by atoms with Crippen molar-refractivity contribution in [1.29, 1.82) is 0 Å². The fourth-order valence-corrected chi connectivity index (χ4v) is 3.80. The van der Waals surface area contributed by atoms with E-state index < -0.39 is 5.97 Å². The Balaban J connectivity index is 2.04. The summed E-state index contributed by atoms with van der Waals surface area (Å²) in [5, 5.41) is 19.1. The zero-order chi connectivity index (χ0) is 18.0. The van der Waals surface area contributed by atoms with E-state index in [9.17, 15) is 9.90 Å². The number of carbonyl (C=O) groups is 1. The van der Waals surface area contributed by atoms with Crippen molar-refractivity contribution in [2.24, 2.45) is 0 Å². The number of hydrogen-bond acceptors (Lipinski definition) is 5. The molecule has 0 aliphatic carbocycles. The van der Waals surface area contributed by atoms with E-state index in [-0.39, 0.29) is 12.4 Å². The van der Waals surface area contributed by atoms with E-state index in [1.165, 1.54) is 4.57 Å². The van der Waals surface area contributed by atoms with Gasteiger partial charge in [-0.2, -0.15) is 0 Å². The highest BCUT2D eigenvalue weighted by Gasteiger charge is 2.15. The normalized spacial score (nSPS) is 12.7. The van der Waals surface area contributed by atoms with Gasteiger partial charge >= 0.3 is 5.97 Å². The van der Waals surface area contributed by atoms with Crippen LogP contribution in [-0.4, -0.2) is 27.3 Å². The maximum Gasteiger partial charge on any atom is 0.323 e. The first-order valence-corrected chi connectivity index (χ1v) is 8.89. The molecule has 0 saturated carbocycles. The molecule has 3 rings (SSSR count). The van der Waals surface area contributed by atoms with Crippen LogP contribution in [0.3, 0.4) is 0 Å². The summed E-state index contributed by atoms with van der Waals surface area (Å²) < 4.78 is 1.51. The topological polar surface area (TPSA) is 65.7 Å². The van der Waals surface area contributed by atoms with Crippen LogP contribution in [0.25, 0.3) is 11.6 Å². The molecule has 128 valence electrons. The third kappa shape index (κ3) is 3.44. The van der Waals surface area contributed by atoms with Gasteiger partial charge in [0.1, 0.15) is 6.54 Å². The minimum atomic E-state index is -1.05. The number of aliphatic carboxylic acids is 1. The van der Waals surface area contributed by atoms with E-state index in [1.54, 1.807) is 6.08 Å².